The molecule has 3 heterocycles. The van der Waals surface area contributed by atoms with Gasteiger partial charge in [-0.15, -0.1) is 16.4 Å². The van der Waals surface area contributed by atoms with Crippen LogP contribution in [0.2, 0.25) is 5.02 Å². The van der Waals surface area contributed by atoms with Gasteiger partial charge in [-0.3, -0.25) is 4.79 Å². The molecule has 1 amide bonds. The van der Waals surface area contributed by atoms with Crippen LogP contribution in [0.25, 0.3) is 20.5 Å². The number of piperidine rings is 1. The molecule has 2 aliphatic rings. The van der Waals surface area contributed by atoms with Crippen molar-refractivity contribution >= 4 is 38.9 Å². The number of carbonyl (C=O) groups excluding carboxylic acids is 1. The Kier molecular flexibility index (Phi) is 6.68. The Balaban J connectivity index is 1.58. The van der Waals surface area contributed by atoms with Crippen LogP contribution < -0.4 is 11.1 Å². The highest BCUT2D eigenvalue weighted by atomic mass is 35.5. The second kappa shape index (κ2) is 9.69. The predicted octanol–water partition coefficient (Wildman–Crippen LogP) is 5.99. The molecule has 1 unspecified atom stereocenters. The van der Waals surface area contributed by atoms with E-state index in [9.17, 15) is 4.79 Å². The van der Waals surface area contributed by atoms with Gasteiger partial charge < -0.3 is 11.1 Å². The fourth-order valence-electron chi connectivity index (χ4n) is 5.90. The summed E-state index contributed by atoms with van der Waals surface area (Å²) in [5, 5.41) is 14.4. The van der Waals surface area contributed by atoms with E-state index in [0.29, 0.717) is 10.9 Å². The van der Waals surface area contributed by atoms with E-state index in [1.165, 1.54) is 51.4 Å². The molecule has 0 radical (unpaired) electrons. The summed E-state index contributed by atoms with van der Waals surface area (Å²) in [6.07, 6.45) is 11.3. The molecule has 1 aliphatic heterocycles. The van der Waals surface area contributed by atoms with Crippen molar-refractivity contribution in [3.05, 3.63) is 46.7 Å². The molecule has 2 fully saturated rings. The number of thiophene rings is 1. The Morgan fingerprint density at radius 2 is 1.88 bits per heavy atom. The fraction of sp³-hybridized carbons (Fsp3) is 0.500. The zero-order valence-corrected chi connectivity index (χ0v) is 20.5. The topological polar surface area (TPSA) is 80.9 Å². The average Bonchev–Trinajstić information content (AvgIpc) is 3.07. The van der Waals surface area contributed by atoms with Crippen LogP contribution in [0.1, 0.15) is 67.5 Å². The number of nitrogens with two attached hydrogens (primary N) is 1. The number of nitrogens with one attached hydrogen (secondary N) is 1. The Bertz CT molecular complexity index is 1130. The number of carbonyl (C=O) groups is 1. The van der Waals surface area contributed by atoms with Crippen LogP contribution in [0.5, 0.6) is 0 Å². The number of fused-ring (bicyclic) bond motifs is 1. The maximum Gasteiger partial charge on any atom is 0.270 e. The van der Waals surface area contributed by atoms with Crippen molar-refractivity contribution in [1.29, 1.82) is 0 Å². The Hall–Kier alpha value is -2.02. The summed E-state index contributed by atoms with van der Waals surface area (Å²) < 4.78 is 0.845. The van der Waals surface area contributed by atoms with Crippen molar-refractivity contribution < 1.29 is 4.79 Å². The van der Waals surface area contributed by atoms with E-state index in [2.05, 4.69) is 21.6 Å². The van der Waals surface area contributed by atoms with Crippen LogP contribution in [0.3, 0.4) is 0 Å². The van der Waals surface area contributed by atoms with Crippen molar-refractivity contribution in [1.82, 2.24) is 15.5 Å². The Morgan fingerprint density at radius 3 is 2.55 bits per heavy atom. The van der Waals surface area contributed by atoms with Crippen LogP contribution in [0.4, 0.5) is 0 Å². The molecular weight excluding hydrogens is 452 g/mol. The molecule has 5 nitrogen and oxygen atoms in total. The first-order chi connectivity index (χ1) is 16.1. The highest BCUT2D eigenvalue weighted by molar-refractivity contribution is 7.22. The summed E-state index contributed by atoms with van der Waals surface area (Å²) in [5.74, 6) is 0.177. The number of rotatable bonds is 5. The van der Waals surface area contributed by atoms with Crippen molar-refractivity contribution in [2.24, 2.45) is 17.1 Å². The summed E-state index contributed by atoms with van der Waals surface area (Å²) in [7, 11) is 0. The Morgan fingerprint density at radius 1 is 1.12 bits per heavy atom. The van der Waals surface area contributed by atoms with E-state index in [0.717, 1.165) is 45.7 Å². The van der Waals surface area contributed by atoms with Crippen molar-refractivity contribution in [3.63, 3.8) is 0 Å². The monoisotopic (exact) mass is 482 g/mol. The smallest absolute Gasteiger partial charge is 0.270 e. The van der Waals surface area contributed by atoms with Crippen LogP contribution in [-0.4, -0.2) is 29.2 Å². The quantitative estimate of drug-likeness (QED) is 0.437. The van der Waals surface area contributed by atoms with Gasteiger partial charge in [-0.1, -0.05) is 49.4 Å². The normalized spacial score (nSPS) is 22.3. The second-order valence-corrected chi connectivity index (χ2v) is 11.2. The molecule has 0 bridgehead atoms. The van der Waals surface area contributed by atoms with Gasteiger partial charge in [-0.2, -0.15) is 5.10 Å². The minimum absolute atomic E-state index is 0.195. The molecule has 3 aromatic rings. The van der Waals surface area contributed by atoms with Crippen LogP contribution >= 0.6 is 22.9 Å². The number of primary amides is 1. The van der Waals surface area contributed by atoms with Gasteiger partial charge in [0.25, 0.3) is 5.91 Å². The van der Waals surface area contributed by atoms with E-state index in [1.807, 2.05) is 24.3 Å². The number of aromatic nitrogens is 2. The molecule has 0 spiro atoms. The highest BCUT2D eigenvalue weighted by Crippen LogP contribution is 2.46. The molecule has 1 saturated heterocycles. The van der Waals surface area contributed by atoms with Crippen molar-refractivity contribution in [2.75, 3.05) is 13.1 Å². The number of nitrogens with zero attached hydrogens (tertiary/aromatic N) is 2. The van der Waals surface area contributed by atoms with Crippen LogP contribution in [0, 0.1) is 11.3 Å². The van der Waals surface area contributed by atoms with E-state index >= 15 is 0 Å². The summed E-state index contributed by atoms with van der Waals surface area (Å²) in [5.41, 5.74) is 8.21. The van der Waals surface area contributed by atoms with Crippen LogP contribution in [-0.2, 0) is 6.42 Å². The minimum Gasteiger partial charge on any atom is -0.364 e. The third-order valence-corrected chi connectivity index (χ3v) is 9.08. The van der Waals surface area contributed by atoms with Crippen LogP contribution in [0.15, 0.2) is 30.3 Å². The number of halogens is 1. The molecule has 1 atom stereocenters. The van der Waals surface area contributed by atoms with Gasteiger partial charge in [-0.25, -0.2) is 0 Å². The summed E-state index contributed by atoms with van der Waals surface area (Å²) in [6.45, 7) is 2.13. The zero-order chi connectivity index (χ0) is 22.8. The first-order valence-corrected chi connectivity index (χ1v) is 13.3. The summed E-state index contributed by atoms with van der Waals surface area (Å²) in [4.78, 5) is 13.2. The molecular formula is C26H31ClN4OS. The molecule has 2 aromatic heterocycles. The minimum atomic E-state index is -0.527. The van der Waals surface area contributed by atoms with Gasteiger partial charge in [0, 0.05) is 21.8 Å². The molecule has 174 valence electrons. The number of amides is 1. The van der Waals surface area contributed by atoms with Gasteiger partial charge in [-0.05, 0) is 73.7 Å². The summed E-state index contributed by atoms with van der Waals surface area (Å²) >= 11 is 7.66. The third kappa shape index (κ3) is 4.66. The third-order valence-electron chi connectivity index (χ3n) is 7.64. The molecule has 1 aliphatic carbocycles. The molecule has 7 heteroatoms. The lowest BCUT2D eigenvalue weighted by molar-refractivity contribution is 0.0971. The molecule has 1 aromatic carbocycles. The molecule has 3 N–H and O–H groups in total. The number of hydrogen-bond donors (Lipinski definition) is 2. The fourth-order valence-corrected chi connectivity index (χ4v) is 7.20. The predicted molar refractivity (Wildman–Crippen MR) is 136 cm³/mol. The zero-order valence-electron chi connectivity index (χ0n) is 18.9. The Labute approximate surface area is 204 Å². The molecule has 1 saturated carbocycles. The van der Waals surface area contributed by atoms with Gasteiger partial charge >= 0.3 is 0 Å². The van der Waals surface area contributed by atoms with E-state index < -0.39 is 5.91 Å². The first kappa shape index (κ1) is 22.8. The highest BCUT2D eigenvalue weighted by Gasteiger charge is 2.40. The standard InChI is InChI=1S/C26H31ClN4OS/c27-19-10-8-17(9-11-19)22-14-20-21(30-31-23(25(28)32)24(20)33-22)15-26(12-5-13-29-16-26)18-6-3-1-2-4-7-18/h8-11,14,18,29H,1-7,12-13,15-16H2,(H2,28,32). The maximum atomic E-state index is 12.2. The van der Waals surface area contributed by atoms with E-state index in [-0.39, 0.29) is 11.1 Å². The molecule has 5 rings (SSSR count). The van der Waals surface area contributed by atoms with Gasteiger partial charge in [0.15, 0.2) is 5.69 Å². The van der Waals surface area contributed by atoms with E-state index in [4.69, 9.17) is 17.3 Å². The average molecular weight is 483 g/mol. The lowest BCUT2D eigenvalue weighted by atomic mass is 9.65. The number of hydrogen-bond acceptors (Lipinski definition) is 5. The van der Waals surface area contributed by atoms with Gasteiger partial charge in [0.05, 0.1) is 10.4 Å². The second-order valence-electron chi connectivity index (χ2n) is 9.73. The lowest BCUT2D eigenvalue weighted by Crippen LogP contribution is -2.46. The van der Waals surface area contributed by atoms with Crippen molar-refractivity contribution in [3.8, 4) is 10.4 Å². The van der Waals surface area contributed by atoms with Gasteiger partial charge in [0.2, 0.25) is 0 Å². The molecule has 33 heavy (non-hydrogen) atoms. The SMILES string of the molecule is NC(=O)c1nnc(CC2(C3CCCCCC3)CCCNC2)c2cc(-c3ccc(Cl)cc3)sc12. The first-order valence-electron chi connectivity index (χ1n) is 12.1. The number of benzene rings is 1. The van der Waals surface area contributed by atoms with E-state index in [1.54, 1.807) is 11.3 Å². The maximum absolute atomic E-state index is 12.2. The summed E-state index contributed by atoms with van der Waals surface area (Å²) in [6, 6.07) is 9.97. The largest absolute Gasteiger partial charge is 0.364 e. The lowest BCUT2D eigenvalue weighted by Gasteiger charge is -2.44. The van der Waals surface area contributed by atoms with Crippen molar-refractivity contribution in [2.45, 2.75) is 57.8 Å². The van der Waals surface area contributed by atoms with Gasteiger partial charge in [0.1, 0.15) is 0 Å².